The van der Waals surface area contributed by atoms with Crippen LogP contribution >= 0.6 is 0 Å². The van der Waals surface area contributed by atoms with E-state index in [-0.39, 0.29) is 11.8 Å². The van der Waals surface area contributed by atoms with Gasteiger partial charge < -0.3 is 15.5 Å². The average molecular weight is 363 g/mol. The monoisotopic (exact) mass is 363 g/mol. The zero-order valence-electron chi connectivity index (χ0n) is 15.6. The minimum Gasteiger partial charge on any atom is -0.322 e. The third-order valence-corrected chi connectivity index (χ3v) is 5.52. The standard InChI is InChI=1S/C22H25N3O2/c1-15-13-17(8-9-20(15)25-12-4-7-21(25)26)24-22(27)19-6-3-2-5-18(19)16-10-11-23-14-16/h2-3,5-6,8-9,13,16,23H,4,7,10-12,14H2,1H3,(H,24,27)/t16-/m0/s1. The van der Waals surface area contributed by atoms with Crippen LogP contribution in [0.25, 0.3) is 0 Å². The average Bonchev–Trinajstić information content (AvgIpc) is 3.34. The fraction of sp³-hybridized carbons (Fsp3) is 0.364. The number of nitrogens with one attached hydrogen (secondary N) is 2. The number of carbonyl (C=O) groups excluding carboxylic acids is 2. The molecule has 4 rings (SSSR count). The minimum absolute atomic E-state index is 0.0816. The van der Waals surface area contributed by atoms with E-state index in [2.05, 4.69) is 16.7 Å². The maximum absolute atomic E-state index is 12.9. The van der Waals surface area contributed by atoms with Crippen LogP contribution < -0.4 is 15.5 Å². The number of hydrogen-bond donors (Lipinski definition) is 2. The molecule has 0 bridgehead atoms. The van der Waals surface area contributed by atoms with Crippen LogP contribution in [0.2, 0.25) is 0 Å². The number of hydrogen-bond acceptors (Lipinski definition) is 3. The van der Waals surface area contributed by atoms with E-state index in [4.69, 9.17) is 0 Å². The van der Waals surface area contributed by atoms with Gasteiger partial charge in [-0.05, 0) is 67.6 Å². The van der Waals surface area contributed by atoms with Gasteiger partial charge in [-0.15, -0.1) is 0 Å². The van der Waals surface area contributed by atoms with Gasteiger partial charge in [0.25, 0.3) is 5.91 Å². The van der Waals surface area contributed by atoms with E-state index in [9.17, 15) is 9.59 Å². The Bertz CT molecular complexity index is 872. The lowest BCUT2D eigenvalue weighted by Crippen LogP contribution is -2.24. The van der Waals surface area contributed by atoms with Gasteiger partial charge >= 0.3 is 0 Å². The van der Waals surface area contributed by atoms with Crippen molar-refractivity contribution in [3.05, 3.63) is 59.2 Å². The molecule has 0 radical (unpaired) electrons. The van der Waals surface area contributed by atoms with Gasteiger partial charge in [-0.1, -0.05) is 18.2 Å². The molecule has 2 aliphatic rings. The normalized spacial score (nSPS) is 19.5. The molecule has 2 aromatic carbocycles. The molecule has 5 heteroatoms. The predicted molar refractivity (Wildman–Crippen MR) is 107 cm³/mol. The van der Waals surface area contributed by atoms with Gasteiger partial charge in [0.15, 0.2) is 0 Å². The Morgan fingerprint density at radius 3 is 2.78 bits per heavy atom. The maximum Gasteiger partial charge on any atom is 0.255 e. The summed E-state index contributed by atoms with van der Waals surface area (Å²) in [6, 6.07) is 13.6. The summed E-state index contributed by atoms with van der Waals surface area (Å²) >= 11 is 0. The zero-order chi connectivity index (χ0) is 18.8. The van der Waals surface area contributed by atoms with Crippen LogP contribution in [-0.2, 0) is 4.79 Å². The first-order valence-corrected chi connectivity index (χ1v) is 9.65. The molecular formula is C22H25N3O2. The number of nitrogens with zero attached hydrogens (tertiary/aromatic N) is 1. The summed E-state index contributed by atoms with van der Waals surface area (Å²) in [5.74, 6) is 0.480. The fourth-order valence-corrected chi connectivity index (χ4v) is 4.12. The summed E-state index contributed by atoms with van der Waals surface area (Å²) in [6.45, 7) is 4.67. The molecule has 2 amide bonds. The number of amides is 2. The smallest absolute Gasteiger partial charge is 0.255 e. The van der Waals surface area contributed by atoms with E-state index < -0.39 is 0 Å². The highest BCUT2D eigenvalue weighted by atomic mass is 16.2. The number of carbonyl (C=O) groups is 2. The predicted octanol–water partition coefficient (Wildman–Crippen LogP) is 3.45. The summed E-state index contributed by atoms with van der Waals surface area (Å²) < 4.78 is 0. The Balaban J connectivity index is 1.54. The second kappa shape index (κ2) is 7.53. The van der Waals surface area contributed by atoms with Gasteiger partial charge in [-0.25, -0.2) is 0 Å². The van der Waals surface area contributed by atoms with Crippen LogP contribution in [0.4, 0.5) is 11.4 Å². The van der Waals surface area contributed by atoms with Crippen LogP contribution in [0.15, 0.2) is 42.5 Å². The highest BCUT2D eigenvalue weighted by Gasteiger charge is 2.24. The second-order valence-corrected chi connectivity index (χ2v) is 7.38. The van der Waals surface area contributed by atoms with E-state index in [0.29, 0.717) is 12.3 Å². The van der Waals surface area contributed by atoms with Crippen molar-refractivity contribution in [2.24, 2.45) is 0 Å². The molecule has 2 aliphatic heterocycles. The summed E-state index contributed by atoms with van der Waals surface area (Å²) in [5, 5.41) is 6.40. The minimum atomic E-state index is -0.0816. The fourth-order valence-electron chi connectivity index (χ4n) is 4.12. The number of rotatable bonds is 4. The Kier molecular flexibility index (Phi) is 4.94. The molecular weight excluding hydrogens is 338 g/mol. The molecule has 2 heterocycles. The Hall–Kier alpha value is -2.66. The van der Waals surface area contributed by atoms with Crippen molar-refractivity contribution >= 4 is 23.2 Å². The van der Waals surface area contributed by atoms with Crippen molar-refractivity contribution in [3.8, 4) is 0 Å². The summed E-state index contributed by atoms with van der Waals surface area (Å²) in [4.78, 5) is 26.7. The van der Waals surface area contributed by atoms with E-state index in [1.165, 1.54) is 0 Å². The van der Waals surface area contributed by atoms with E-state index in [0.717, 1.165) is 60.5 Å². The summed E-state index contributed by atoms with van der Waals surface area (Å²) in [6.07, 6.45) is 2.58. The number of benzene rings is 2. The highest BCUT2D eigenvalue weighted by Crippen LogP contribution is 2.29. The van der Waals surface area contributed by atoms with Crippen molar-refractivity contribution in [1.29, 1.82) is 0 Å². The van der Waals surface area contributed by atoms with Crippen molar-refractivity contribution in [2.75, 3.05) is 29.9 Å². The van der Waals surface area contributed by atoms with Gasteiger partial charge in [0.2, 0.25) is 5.91 Å². The zero-order valence-corrected chi connectivity index (χ0v) is 15.6. The molecule has 5 nitrogen and oxygen atoms in total. The lowest BCUT2D eigenvalue weighted by molar-refractivity contribution is -0.117. The summed E-state index contributed by atoms with van der Waals surface area (Å²) in [7, 11) is 0. The van der Waals surface area contributed by atoms with Crippen LogP contribution in [0.3, 0.4) is 0 Å². The SMILES string of the molecule is Cc1cc(NC(=O)c2ccccc2[C@H]2CCNC2)ccc1N1CCCC1=O. The van der Waals surface area contributed by atoms with E-state index >= 15 is 0 Å². The topological polar surface area (TPSA) is 61.4 Å². The molecule has 27 heavy (non-hydrogen) atoms. The molecule has 140 valence electrons. The van der Waals surface area contributed by atoms with Crippen molar-refractivity contribution < 1.29 is 9.59 Å². The molecule has 0 saturated carbocycles. The van der Waals surface area contributed by atoms with Gasteiger partial charge in [-0.3, -0.25) is 9.59 Å². The first-order valence-electron chi connectivity index (χ1n) is 9.65. The lowest BCUT2D eigenvalue weighted by atomic mass is 9.93. The molecule has 2 fully saturated rings. The molecule has 1 atom stereocenters. The van der Waals surface area contributed by atoms with Crippen LogP contribution in [0, 0.1) is 6.92 Å². The Morgan fingerprint density at radius 1 is 1.22 bits per heavy atom. The third-order valence-electron chi connectivity index (χ3n) is 5.52. The Labute approximate surface area is 159 Å². The van der Waals surface area contributed by atoms with Crippen molar-refractivity contribution in [3.63, 3.8) is 0 Å². The first-order chi connectivity index (χ1) is 13.1. The molecule has 2 saturated heterocycles. The second-order valence-electron chi connectivity index (χ2n) is 7.38. The Morgan fingerprint density at radius 2 is 2.07 bits per heavy atom. The number of aryl methyl sites for hydroxylation is 1. The highest BCUT2D eigenvalue weighted by molar-refractivity contribution is 6.05. The van der Waals surface area contributed by atoms with Crippen LogP contribution in [0.1, 0.15) is 46.7 Å². The van der Waals surface area contributed by atoms with Crippen LogP contribution in [0.5, 0.6) is 0 Å². The first kappa shape index (κ1) is 17.7. The van der Waals surface area contributed by atoms with E-state index in [1.54, 1.807) is 0 Å². The van der Waals surface area contributed by atoms with Gasteiger partial charge in [0.05, 0.1) is 0 Å². The summed E-state index contributed by atoms with van der Waals surface area (Å²) in [5.41, 5.74) is 4.54. The quantitative estimate of drug-likeness (QED) is 0.875. The van der Waals surface area contributed by atoms with E-state index in [1.807, 2.05) is 48.2 Å². The van der Waals surface area contributed by atoms with Gasteiger partial charge in [-0.2, -0.15) is 0 Å². The number of anilines is 2. The van der Waals surface area contributed by atoms with Crippen LogP contribution in [-0.4, -0.2) is 31.4 Å². The molecule has 2 aromatic rings. The molecule has 2 N–H and O–H groups in total. The van der Waals surface area contributed by atoms with Gasteiger partial charge in [0, 0.05) is 36.4 Å². The van der Waals surface area contributed by atoms with Gasteiger partial charge in [0.1, 0.15) is 0 Å². The molecule has 0 spiro atoms. The lowest BCUT2D eigenvalue weighted by Gasteiger charge is -2.19. The maximum atomic E-state index is 12.9. The van der Waals surface area contributed by atoms with Crippen molar-refractivity contribution in [1.82, 2.24) is 5.32 Å². The largest absolute Gasteiger partial charge is 0.322 e. The van der Waals surface area contributed by atoms with Crippen molar-refractivity contribution in [2.45, 2.75) is 32.1 Å². The molecule has 0 aliphatic carbocycles. The third kappa shape index (κ3) is 3.60. The molecule has 0 unspecified atom stereocenters. The molecule has 0 aromatic heterocycles.